The molecule has 1 aliphatic rings. The van der Waals surface area contributed by atoms with Gasteiger partial charge in [-0.3, -0.25) is 4.79 Å². The fourth-order valence-electron chi connectivity index (χ4n) is 3.56. The van der Waals surface area contributed by atoms with Gasteiger partial charge >= 0.3 is 0 Å². The van der Waals surface area contributed by atoms with Gasteiger partial charge in [0.1, 0.15) is 5.82 Å². The second kappa shape index (κ2) is 9.74. The molecule has 1 aromatic heterocycles. The lowest BCUT2D eigenvalue weighted by Crippen LogP contribution is -2.11. The molecule has 0 spiro atoms. The summed E-state index contributed by atoms with van der Waals surface area (Å²) in [6.07, 6.45) is 6.00. The highest BCUT2D eigenvalue weighted by atomic mass is 32.2. The quantitative estimate of drug-likeness (QED) is 0.434. The number of hydrogen-bond donors (Lipinski definition) is 1. The summed E-state index contributed by atoms with van der Waals surface area (Å²) in [5.74, 6) is 3.01. The van der Waals surface area contributed by atoms with Gasteiger partial charge in [0, 0.05) is 35.5 Å². The van der Waals surface area contributed by atoms with Crippen molar-refractivity contribution in [3.05, 3.63) is 60.4 Å². The average Bonchev–Trinajstić information content (AvgIpc) is 3.00. The lowest BCUT2D eigenvalue weighted by Gasteiger charge is -2.09. The molecule has 29 heavy (non-hydrogen) atoms. The van der Waals surface area contributed by atoms with Crippen molar-refractivity contribution in [2.24, 2.45) is 0 Å². The van der Waals surface area contributed by atoms with Crippen LogP contribution in [0.5, 0.6) is 0 Å². The Kier molecular flexibility index (Phi) is 6.62. The van der Waals surface area contributed by atoms with Crippen LogP contribution in [0, 0.1) is 0 Å². The van der Waals surface area contributed by atoms with Crippen molar-refractivity contribution in [3.8, 4) is 11.4 Å². The molecule has 4 rings (SSSR count). The third-order valence-electron chi connectivity index (χ3n) is 5.10. The Morgan fingerprint density at radius 2 is 1.83 bits per heavy atom. The van der Waals surface area contributed by atoms with Gasteiger partial charge in [-0.25, -0.2) is 0 Å². The number of hydrogen-bond acceptors (Lipinski definition) is 4. The third-order valence-corrected chi connectivity index (χ3v) is 6.19. The number of carbonyl (C=O) groups excluding carboxylic acids is 1. The van der Waals surface area contributed by atoms with Crippen molar-refractivity contribution in [2.45, 2.75) is 50.0 Å². The molecule has 0 bridgehead atoms. The molecule has 0 saturated heterocycles. The molecule has 1 N–H and O–H groups in total. The van der Waals surface area contributed by atoms with E-state index in [2.05, 4.69) is 32.2 Å². The molecule has 0 saturated carbocycles. The number of anilines is 1. The lowest BCUT2D eigenvalue weighted by atomic mass is 10.2. The summed E-state index contributed by atoms with van der Waals surface area (Å²) >= 11 is 1.79. The summed E-state index contributed by atoms with van der Waals surface area (Å²) in [5.41, 5.74) is 1.87. The van der Waals surface area contributed by atoms with Crippen LogP contribution in [0.15, 0.2) is 59.5 Å². The average molecular weight is 407 g/mol. The predicted molar refractivity (Wildman–Crippen MR) is 118 cm³/mol. The number of aromatic nitrogens is 3. The normalized spacial score (nSPS) is 13.5. The van der Waals surface area contributed by atoms with Gasteiger partial charge in [0.15, 0.2) is 5.82 Å². The van der Waals surface area contributed by atoms with Crippen LogP contribution in [0.2, 0.25) is 0 Å². The van der Waals surface area contributed by atoms with E-state index in [1.165, 1.54) is 24.2 Å². The van der Waals surface area contributed by atoms with Crippen LogP contribution in [0.1, 0.15) is 37.9 Å². The van der Waals surface area contributed by atoms with Crippen molar-refractivity contribution in [1.29, 1.82) is 0 Å². The van der Waals surface area contributed by atoms with E-state index in [4.69, 9.17) is 0 Å². The number of aryl methyl sites for hydroxylation is 1. The number of thioether (sulfide) groups is 1. The van der Waals surface area contributed by atoms with Crippen LogP contribution < -0.4 is 5.32 Å². The first kappa shape index (κ1) is 19.7. The Morgan fingerprint density at radius 1 is 1.00 bits per heavy atom. The molecule has 0 atom stereocenters. The Morgan fingerprint density at radius 3 is 2.66 bits per heavy atom. The summed E-state index contributed by atoms with van der Waals surface area (Å²) in [7, 11) is 0. The van der Waals surface area contributed by atoms with Crippen LogP contribution in [0.3, 0.4) is 0 Å². The van der Waals surface area contributed by atoms with E-state index < -0.39 is 0 Å². The first-order valence-corrected chi connectivity index (χ1v) is 11.3. The lowest BCUT2D eigenvalue weighted by molar-refractivity contribution is -0.116. The topological polar surface area (TPSA) is 59.8 Å². The fourth-order valence-corrected chi connectivity index (χ4v) is 4.44. The summed E-state index contributed by atoms with van der Waals surface area (Å²) in [4.78, 5) is 13.5. The van der Waals surface area contributed by atoms with Gasteiger partial charge < -0.3 is 9.88 Å². The minimum absolute atomic E-state index is 0.0581. The van der Waals surface area contributed by atoms with Crippen LogP contribution >= 0.6 is 11.8 Å². The Labute approximate surface area is 175 Å². The first-order valence-electron chi connectivity index (χ1n) is 10.3. The standard InChI is InChI=1S/C23H26N4OS/c28-22(11-7-17-29-20-8-3-1-4-9-20)24-19-14-12-18(13-15-19)23-26-25-21-10-5-2-6-16-27(21)23/h1,3-4,8-9,12-15H,2,5-7,10-11,16-17H2,(H,24,28). The zero-order valence-corrected chi connectivity index (χ0v) is 17.3. The second-order valence-corrected chi connectivity index (χ2v) is 8.46. The number of carbonyl (C=O) groups is 1. The molecular weight excluding hydrogens is 380 g/mol. The van der Waals surface area contributed by atoms with Gasteiger partial charge in [-0.2, -0.15) is 0 Å². The zero-order valence-electron chi connectivity index (χ0n) is 16.5. The zero-order chi connectivity index (χ0) is 19.9. The molecule has 6 heteroatoms. The number of nitrogens with one attached hydrogen (secondary N) is 1. The van der Waals surface area contributed by atoms with E-state index in [0.29, 0.717) is 6.42 Å². The van der Waals surface area contributed by atoms with E-state index in [-0.39, 0.29) is 5.91 Å². The van der Waals surface area contributed by atoms with Gasteiger partial charge in [0.2, 0.25) is 5.91 Å². The second-order valence-electron chi connectivity index (χ2n) is 7.29. The largest absolute Gasteiger partial charge is 0.326 e. The van der Waals surface area contributed by atoms with Gasteiger partial charge in [0.05, 0.1) is 0 Å². The summed E-state index contributed by atoms with van der Waals surface area (Å²) < 4.78 is 2.24. The van der Waals surface area contributed by atoms with E-state index in [0.717, 1.165) is 48.0 Å². The minimum Gasteiger partial charge on any atom is -0.326 e. The highest BCUT2D eigenvalue weighted by Gasteiger charge is 2.16. The van der Waals surface area contributed by atoms with Crippen molar-refractivity contribution in [2.75, 3.05) is 11.1 Å². The molecule has 5 nitrogen and oxygen atoms in total. The SMILES string of the molecule is O=C(CCCSc1ccccc1)Nc1ccc(-c2nnc3n2CCCCC3)cc1. The summed E-state index contributed by atoms with van der Waals surface area (Å²) in [6, 6.07) is 18.2. The maximum absolute atomic E-state index is 12.2. The molecular formula is C23H26N4OS. The van der Waals surface area contributed by atoms with E-state index >= 15 is 0 Å². The van der Waals surface area contributed by atoms with Crippen molar-refractivity contribution < 1.29 is 4.79 Å². The smallest absolute Gasteiger partial charge is 0.224 e. The molecule has 1 aliphatic heterocycles. The molecule has 0 unspecified atom stereocenters. The number of benzene rings is 2. The van der Waals surface area contributed by atoms with Crippen LogP contribution in [0.25, 0.3) is 11.4 Å². The Bertz CT molecular complexity index is 937. The Hall–Kier alpha value is -2.60. The maximum atomic E-state index is 12.2. The predicted octanol–water partition coefficient (Wildman–Crippen LogP) is 5.18. The van der Waals surface area contributed by atoms with E-state index in [1.54, 1.807) is 11.8 Å². The first-order chi connectivity index (χ1) is 14.3. The van der Waals surface area contributed by atoms with Gasteiger partial charge in [-0.15, -0.1) is 22.0 Å². The molecule has 2 heterocycles. The molecule has 0 aliphatic carbocycles. The molecule has 2 aromatic carbocycles. The molecule has 0 radical (unpaired) electrons. The van der Waals surface area contributed by atoms with Crippen LogP contribution in [0.4, 0.5) is 5.69 Å². The molecule has 0 fully saturated rings. The highest BCUT2D eigenvalue weighted by molar-refractivity contribution is 7.99. The van der Waals surface area contributed by atoms with Crippen LogP contribution in [-0.2, 0) is 17.8 Å². The minimum atomic E-state index is 0.0581. The van der Waals surface area contributed by atoms with Crippen molar-refractivity contribution >= 4 is 23.4 Å². The van der Waals surface area contributed by atoms with E-state index in [1.807, 2.05) is 42.5 Å². The number of nitrogens with zero attached hydrogens (tertiary/aromatic N) is 3. The number of amides is 1. The number of fused-ring (bicyclic) bond motifs is 1. The highest BCUT2D eigenvalue weighted by Crippen LogP contribution is 2.24. The van der Waals surface area contributed by atoms with Gasteiger partial charge in [-0.05, 0) is 61.4 Å². The number of rotatable bonds is 7. The Balaban J connectivity index is 1.28. The summed E-state index contributed by atoms with van der Waals surface area (Å²) in [5, 5.41) is 11.8. The maximum Gasteiger partial charge on any atom is 0.224 e. The van der Waals surface area contributed by atoms with Gasteiger partial charge in [0.25, 0.3) is 0 Å². The third kappa shape index (κ3) is 5.26. The van der Waals surface area contributed by atoms with Crippen molar-refractivity contribution in [3.63, 3.8) is 0 Å². The molecule has 3 aromatic rings. The monoisotopic (exact) mass is 406 g/mol. The van der Waals surface area contributed by atoms with E-state index in [9.17, 15) is 4.79 Å². The fraction of sp³-hybridized carbons (Fsp3) is 0.348. The molecule has 1 amide bonds. The van der Waals surface area contributed by atoms with Gasteiger partial charge in [-0.1, -0.05) is 24.6 Å². The molecule has 150 valence electrons. The summed E-state index contributed by atoms with van der Waals surface area (Å²) in [6.45, 7) is 0.983. The van der Waals surface area contributed by atoms with Crippen LogP contribution in [-0.4, -0.2) is 26.4 Å². The van der Waals surface area contributed by atoms with Crippen molar-refractivity contribution in [1.82, 2.24) is 14.8 Å².